The fraction of sp³-hybridized carbons (Fsp3) is 0.280. The van der Waals surface area contributed by atoms with E-state index in [4.69, 9.17) is 4.74 Å². The van der Waals surface area contributed by atoms with Crippen LogP contribution in [0.15, 0.2) is 48.5 Å². The van der Waals surface area contributed by atoms with Gasteiger partial charge < -0.3 is 9.84 Å². The zero-order valence-corrected chi connectivity index (χ0v) is 18.6. The monoisotopic (exact) mass is 448 g/mol. The largest absolute Gasteiger partial charge is 0.478 e. The van der Waals surface area contributed by atoms with Crippen LogP contribution in [-0.2, 0) is 17.7 Å². The van der Waals surface area contributed by atoms with Crippen molar-refractivity contribution >= 4 is 28.4 Å². The SMILES string of the molecule is CCN1CCc2c(sc(NC(=O)OCC3c4ccccc4-c4ccccc43)c2C(=O)O)C1. The predicted octanol–water partition coefficient (Wildman–Crippen LogP) is 5.19. The molecule has 1 aliphatic carbocycles. The maximum atomic E-state index is 12.7. The van der Waals surface area contributed by atoms with Crippen molar-refractivity contribution in [1.29, 1.82) is 0 Å². The molecule has 5 rings (SSSR count). The van der Waals surface area contributed by atoms with Gasteiger partial charge in [0.2, 0.25) is 0 Å². The fourth-order valence-electron chi connectivity index (χ4n) is 4.77. The Labute approximate surface area is 190 Å². The molecule has 0 unspecified atom stereocenters. The number of carbonyl (C=O) groups excluding carboxylic acids is 1. The molecule has 0 saturated carbocycles. The molecule has 0 radical (unpaired) electrons. The molecule has 2 aromatic carbocycles. The summed E-state index contributed by atoms with van der Waals surface area (Å²) in [5.41, 5.74) is 5.64. The van der Waals surface area contributed by atoms with Gasteiger partial charge in [-0.15, -0.1) is 11.3 Å². The summed E-state index contributed by atoms with van der Waals surface area (Å²) >= 11 is 1.34. The highest BCUT2D eigenvalue weighted by atomic mass is 32.1. The molecule has 2 N–H and O–H groups in total. The molecule has 0 spiro atoms. The van der Waals surface area contributed by atoms with Gasteiger partial charge in [0, 0.05) is 23.9 Å². The average molecular weight is 449 g/mol. The van der Waals surface area contributed by atoms with E-state index in [1.165, 1.54) is 11.3 Å². The number of rotatable bonds is 5. The summed E-state index contributed by atoms with van der Waals surface area (Å²) in [6.07, 6.45) is 0.0496. The number of ether oxygens (including phenoxy) is 1. The Morgan fingerprint density at radius 3 is 2.41 bits per heavy atom. The van der Waals surface area contributed by atoms with Crippen LogP contribution in [0.25, 0.3) is 11.1 Å². The molecule has 164 valence electrons. The number of hydrogen-bond acceptors (Lipinski definition) is 5. The number of likely N-dealkylation sites (N-methyl/N-ethyl adjacent to an activating group) is 1. The first-order valence-electron chi connectivity index (χ1n) is 10.8. The summed E-state index contributed by atoms with van der Waals surface area (Å²) in [4.78, 5) is 27.9. The van der Waals surface area contributed by atoms with Crippen molar-refractivity contribution in [2.24, 2.45) is 0 Å². The van der Waals surface area contributed by atoms with Crippen LogP contribution in [0.4, 0.5) is 9.80 Å². The maximum Gasteiger partial charge on any atom is 0.412 e. The Bertz CT molecular complexity index is 1160. The summed E-state index contributed by atoms with van der Waals surface area (Å²) < 4.78 is 5.61. The van der Waals surface area contributed by atoms with Gasteiger partial charge in [-0.1, -0.05) is 55.5 Å². The number of amides is 1. The van der Waals surface area contributed by atoms with E-state index in [0.29, 0.717) is 18.0 Å². The zero-order chi connectivity index (χ0) is 22.2. The number of thiophene rings is 1. The van der Waals surface area contributed by atoms with Gasteiger partial charge in [-0.25, -0.2) is 9.59 Å². The van der Waals surface area contributed by atoms with Crippen LogP contribution in [-0.4, -0.2) is 41.8 Å². The number of benzene rings is 2. The second-order valence-corrected chi connectivity index (χ2v) is 9.19. The Hall–Kier alpha value is -3.16. The Morgan fingerprint density at radius 2 is 1.78 bits per heavy atom. The Morgan fingerprint density at radius 1 is 1.12 bits per heavy atom. The molecule has 7 heteroatoms. The van der Waals surface area contributed by atoms with Crippen molar-refractivity contribution in [1.82, 2.24) is 4.90 Å². The van der Waals surface area contributed by atoms with Crippen LogP contribution in [0.3, 0.4) is 0 Å². The van der Waals surface area contributed by atoms with Gasteiger partial charge in [0.15, 0.2) is 0 Å². The molecule has 1 amide bonds. The lowest BCUT2D eigenvalue weighted by Gasteiger charge is -2.25. The minimum Gasteiger partial charge on any atom is -0.478 e. The second-order valence-electron chi connectivity index (χ2n) is 8.08. The lowest BCUT2D eigenvalue weighted by Crippen LogP contribution is -2.29. The van der Waals surface area contributed by atoms with Gasteiger partial charge >= 0.3 is 12.1 Å². The number of aromatic carboxylic acids is 1. The van der Waals surface area contributed by atoms with E-state index in [0.717, 1.165) is 45.8 Å². The number of carboxylic acid groups (broad SMARTS) is 1. The molecule has 0 fully saturated rings. The summed E-state index contributed by atoms with van der Waals surface area (Å²) in [5, 5.41) is 12.8. The third kappa shape index (κ3) is 3.57. The summed E-state index contributed by atoms with van der Waals surface area (Å²) in [6, 6.07) is 16.3. The molecule has 0 atom stereocenters. The van der Waals surface area contributed by atoms with Crippen LogP contribution >= 0.6 is 11.3 Å². The van der Waals surface area contributed by atoms with E-state index < -0.39 is 12.1 Å². The number of hydrogen-bond donors (Lipinski definition) is 2. The maximum absolute atomic E-state index is 12.7. The van der Waals surface area contributed by atoms with Gasteiger partial charge in [-0.2, -0.15) is 0 Å². The van der Waals surface area contributed by atoms with Crippen LogP contribution in [0.2, 0.25) is 0 Å². The van der Waals surface area contributed by atoms with E-state index in [-0.39, 0.29) is 18.1 Å². The van der Waals surface area contributed by atoms with Gasteiger partial charge in [-0.3, -0.25) is 10.2 Å². The minimum atomic E-state index is -1.01. The van der Waals surface area contributed by atoms with Crippen LogP contribution in [0.5, 0.6) is 0 Å². The number of carboxylic acids is 1. The number of nitrogens with one attached hydrogen (secondary N) is 1. The highest BCUT2D eigenvalue weighted by Crippen LogP contribution is 2.44. The van der Waals surface area contributed by atoms with Crippen LogP contribution < -0.4 is 5.32 Å². The molecule has 0 saturated heterocycles. The molecular formula is C25H24N2O4S. The smallest absolute Gasteiger partial charge is 0.412 e. The van der Waals surface area contributed by atoms with Crippen LogP contribution in [0.1, 0.15) is 44.8 Å². The molecule has 1 aromatic heterocycles. The van der Waals surface area contributed by atoms with Crippen molar-refractivity contribution in [2.45, 2.75) is 25.8 Å². The van der Waals surface area contributed by atoms with E-state index in [1.54, 1.807) is 0 Å². The van der Waals surface area contributed by atoms with Crippen molar-refractivity contribution < 1.29 is 19.4 Å². The second kappa shape index (κ2) is 8.41. The van der Waals surface area contributed by atoms with Crippen molar-refractivity contribution in [2.75, 3.05) is 25.0 Å². The van der Waals surface area contributed by atoms with Crippen molar-refractivity contribution in [3.63, 3.8) is 0 Å². The van der Waals surface area contributed by atoms with Gasteiger partial charge in [0.1, 0.15) is 11.6 Å². The summed E-state index contributed by atoms with van der Waals surface area (Å²) in [6.45, 7) is 4.73. The quantitative estimate of drug-likeness (QED) is 0.562. The van der Waals surface area contributed by atoms with E-state index in [2.05, 4.69) is 41.4 Å². The lowest BCUT2D eigenvalue weighted by atomic mass is 9.98. The number of carbonyl (C=O) groups is 2. The summed E-state index contributed by atoms with van der Waals surface area (Å²) in [5.74, 6) is -1.05. The third-order valence-electron chi connectivity index (χ3n) is 6.36. The Balaban J connectivity index is 1.33. The number of nitrogens with zero attached hydrogens (tertiary/aromatic N) is 1. The lowest BCUT2D eigenvalue weighted by molar-refractivity contribution is 0.0696. The molecule has 6 nitrogen and oxygen atoms in total. The number of anilines is 1. The normalized spacial score (nSPS) is 15.0. The van der Waals surface area contributed by atoms with Crippen molar-refractivity contribution in [3.8, 4) is 11.1 Å². The first-order valence-corrected chi connectivity index (χ1v) is 11.6. The molecule has 1 aliphatic heterocycles. The zero-order valence-electron chi connectivity index (χ0n) is 17.8. The highest BCUT2D eigenvalue weighted by Gasteiger charge is 2.31. The molecular weight excluding hydrogens is 424 g/mol. The fourth-order valence-corrected chi connectivity index (χ4v) is 6.04. The van der Waals surface area contributed by atoms with E-state index >= 15 is 0 Å². The predicted molar refractivity (Wildman–Crippen MR) is 125 cm³/mol. The van der Waals surface area contributed by atoms with Gasteiger partial charge in [-0.05, 0) is 40.8 Å². The van der Waals surface area contributed by atoms with Crippen LogP contribution in [0, 0.1) is 0 Å². The average Bonchev–Trinajstić information content (AvgIpc) is 3.32. The Kier molecular flexibility index (Phi) is 5.45. The molecule has 2 aliphatic rings. The standard InChI is InChI=1S/C25H24N2O4S/c1-2-27-12-11-19-21(13-27)32-23(22(19)24(28)29)26-25(30)31-14-20-17-9-5-3-7-15(17)16-8-4-6-10-18(16)20/h3-10,20H,2,11-14H2,1H3,(H,26,30)(H,28,29). The van der Waals surface area contributed by atoms with Gasteiger partial charge in [0.05, 0.1) is 5.56 Å². The summed E-state index contributed by atoms with van der Waals surface area (Å²) in [7, 11) is 0. The van der Waals surface area contributed by atoms with Crippen molar-refractivity contribution in [3.05, 3.63) is 75.7 Å². The molecule has 2 heterocycles. The molecule has 32 heavy (non-hydrogen) atoms. The molecule has 0 bridgehead atoms. The molecule has 3 aromatic rings. The third-order valence-corrected chi connectivity index (χ3v) is 7.49. The first kappa shape index (κ1) is 20.7. The first-order chi connectivity index (χ1) is 15.6. The van der Waals surface area contributed by atoms with Gasteiger partial charge in [0.25, 0.3) is 0 Å². The highest BCUT2D eigenvalue weighted by molar-refractivity contribution is 7.17. The topological polar surface area (TPSA) is 78.9 Å². The van der Waals surface area contributed by atoms with E-state index in [1.807, 2.05) is 24.3 Å². The number of fused-ring (bicyclic) bond motifs is 4. The minimum absolute atomic E-state index is 0.0400. The van der Waals surface area contributed by atoms with E-state index in [9.17, 15) is 14.7 Å².